The normalized spacial score (nSPS) is 18.3. The van der Waals surface area contributed by atoms with Gasteiger partial charge in [-0.3, -0.25) is 0 Å². The summed E-state index contributed by atoms with van der Waals surface area (Å²) in [5, 5.41) is 40.9. The van der Waals surface area contributed by atoms with E-state index in [4.69, 9.17) is 0 Å². The molecule has 0 spiro atoms. The Morgan fingerprint density at radius 1 is 0.650 bits per heavy atom. The molecular weight excluding hydrogens is 392 g/mol. The van der Waals surface area contributed by atoms with E-state index in [-0.39, 0.29) is 11.1 Å². The minimum Gasteiger partial charge on any atom is -0.357 e. The molecule has 0 saturated heterocycles. The van der Waals surface area contributed by atoms with Crippen LogP contribution in [0.5, 0.6) is 0 Å². The number of halogens is 2. The summed E-state index contributed by atoms with van der Waals surface area (Å²) in [6.07, 6.45) is 0. The number of fused-ring (bicyclic) bond motifs is 3. The first-order valence-electron chi connectivity index (χ1n) is 5.75. The molecule has 1 aliphatic carbocycles. The molecule has 3 rings (SSSR count). The molecule has 0 radical (unpaired) electrons. The molecule has 6 heteroatoms. The van der Waals surface area contributed by atoms with Gasteiger partial charge in [-0.15, -0.1) is 0 Å². The van der Waals surface area contributed by atoms with Gasteiger partial charge >= 0.3 is 0 Å². The summed E-state index contributed by atoms with van der Waals surface area (Å²) in [7, 11) is 0. The first-order valence-corrected chi connectivity index (χ1v) is 7.33. The highest BCUT2D eigenvalue weighted by molar-refractivity contribution is 9.10. The second-order valence-corrected chi connectivity index (χ2v) is 6.56. The van der Waals surface area contributed by atoms with Crippen molar-refractivity contribution in [3.05, 3.63) is 56.5 Å². The standard InChI is InChI=1S/C14H10Br2O4/c15-7-1-3-9-10-4-2-8(16)6-12(10)14(19,20)13(17,18)11(9)5-7/h1-6,17-20H. The van der Waals surface area contributed by atoms with E-state index >= 15 is 0 Å². The van der Waals surface area contributed by atoms with E-state index in [0.717, 1.165) is 0 Å². The molecule has 4 nitrogen and oxygen atoms in total. The van der Waals surface area contributed by atoms with E-state index in [0.29, 0.717) is 20.1 Å². The van der Waals surface area contributed by atoms with Crippen molar-refractivity contribution < 1.29 is 20.4 Å². The SMILES string of the molecule is OC1(O)c2cc(Br)ccc2-c2ccc(Br)cc2C1(O)O. The fourth-order valence-electron chi connectivity index (χ4n) is 2.46. The third-order valence-electron chi connectivity index (χ3n) is 3.49. The van der Waals surface area contributed by atoms with Crippen molar-refractivity contribution in [1.82, 2.24) is 0 Å². The van der Waals surface area contributed by atoms with E-state index in [9.17, 15) is 20.4 Å². The third kappa shape index (κ3) is 1.80. The van der Waals surface area contributed by atoms with Crippen LogP contribution in [0.4, 0.5) is 0 Å². The summed E-state index contributed by atoms with van der Waals surface area (Å²) >= 11 is 6.48. The first kappa shape index (κ1) is 14.2. The lowest BCUT2D eigenvalue weighted by atomic mass is 9.77. The Morgan fingerprint density at radius 2 is 1.00 bits per heavy atom. The summed E-state index contributed by atoms with van der Waals surface area (Å²) in [5.74, 6) is -5.61. The van der Waals surface area contributed by atoms with Crippen LogP contribution in [-0.2, 0) is 11.6 Å². The fraction of sp³-hybridized carbons (Fsp3) is 0.143. The summed E-state index contributed by atoms with van der Waals surface area (Å²) in [6, 6.07) is 9.82. The van der Waals surface area contributed by atoms with Gasteiger partial charge < -0.3 is 20.4 Å². The topological polar surface area (TPSA) is 80.9 Å². The van der Waals surface area contributed by atoms with Gasteiger partial charge in [0.25, 0.3) is 11.6 Å². The van der Waals surface area contributed by atoms with Crippen molar-refractivity contribution in [2.45, 2.75) is 11.6 Å². The molecule has 0 heterocycles. The van der Waals surface area contributed by atoms with Crippen molar-refractivity contribution in [2.24, 2.45) is 0 Å². The van der Waals surface area contributed by atoms with Gasteiger partial charge in [-0.1, -0.05) is 44.0 Å². The van der Waals surface area contributed by atoms with E-state index in [2.05, 4.69) is 31.9 Å². The second-order valence-electron chi connectivity index (χ2n) is 4.72. The monoisotopic (exact) mass is 400 g/mol. The predicted molar refractivity (Wildman–Crippen MR) is 79.5 cm³/mol. The van der Waals surface area contributed by atoms with E-state index in [1.807, 2.05) is 0 Å². The van der Waals surface area contributed by atoms with Gasteiger partial charge in [0.15, 0.2) is 0 Å². The highest BCUT2D eigenvalue weighted by Crippen LogP contribution is 2.50. The molecule has 0 aromatic heterocycles. The molecule has 1 aliphatic rings. The van der Waals surface area contributed by atoms with Crippen LogP contribution in [0.2, 0.25) is 0 Å². The molecule has 0 aliphatic heterocycles. The third-order valence-corrected chi connectivity index (χ3v) is 4.48. The minimum atomic E-state index is -2.81. The maximum absolute atomic E-state index is 10.2. The molecule has 4 N–H and O–H groups in total. The quantitative estimate of drug-likeness (QED) is 0.510. The molecule has 2 aromatic rings. The zero-order valence-corrected chi connectivity index (χ0v) is 13.2. The number of rotatable bonds is 0. The zero-order chi connectivity index (χ0) is 14.7. The van der Waals surface area contributed by atoms with Crippen molar-refractivity contribution in [3.63, 3.8) is 0 Å². The number of hydrogen-bond acceptors (Lipinski definition) is 4. The maximum atomic E-state index is 10.2. The van der Waals surface area contributed by atoms with Crippen LogP contribution in [0.1, 0.15) is 11.1 Å². The van der Waals surface area contributed by atoms with Crippen LogP contribution in [0.15, 0.2) is 45.3 Å². The zero-order valence-electron chi connectivity index (χ0n) is 10.0. The van der Waals surface area contributed by atoms with Crippen LogP contribution in [0.25, 0.3) is 11.1 Å². The van der Waals surface area contributed by atoms with Crippen molar-refractivity contribution in [2.75, 3.05) is 0 Å². The van der Waals surface area contributed by atoms with E-state index < -0.39 is 11.6 Å². The van der Waals surface area contributed by atoms with Gasteiger partial charge in [0.2, 0.25) is 0 Å². The van der Waals surface area contributed by atoms with Gasteiger partial charge in [-0.25, -0.2) is 0 Å². The van der Waals surface area contributed by atoms with Crippen LogP contribution in [-0.4, -0.2) is 20.4 Å². The smallest absolute Gasteiger partial charge is 0.251 e. The lowest BCUT2D eigenvalue weighted by molar-refractivity contribution is -0.376. The molecule has 0 fully saturated rings. The van der Waals surface area contributed by atoms with E-state index in [1.54, 1.807) is 24.3 Å². The molecule has 20 heavy (non-hydrogen) atoms. The average molecular weight is 402 g/mol. The van der Waals surface area contributed by atoms with Gasteiger partial charge in [-0.05, 0) is 35.4 Å². The Kier molecular flexibility index (Phi) is 3.10. The average Bonchev–Trinajstić information content (AvgIpc) is 2.37. The van der Waals surface area contributed by atoms with E-state index in [1.165, 1.54) is 12.1 Å². The summed E-state index contributed by atoms with van der Waals surface area (Å²) in [5.41, 5.74) is 1.15. The number of hydrogen-bond donors (Lipinski definition) is 4. The van der Waals surface area contributed by atoms with Crippen LogP contribution in [0.3, 0.4) is 0 Å². The molecule has 0 atom stereocenters. The largest absolute Gasteiger partial charge is 0.357 e. The lowest BCUT2D eigenvalue weighted by Gasteiger charge is -2.41. The summed E-state index contributed by atoms with van der Waals surface area (Å²) in [4.78, 5) is 0. The summed E-state index contributed by atoms with van der Waals surface area (Å²) < 4.78 is 1.22. The number of aliphatic hydroxyl groups is 4. The Bertz CT molecular complexity index is 649. The van der Waals surface area contributed by atoms with Crippen molar-refractivity contribution >= 4 is 31.9 Å². The molecule has 0 unspecified atom stereocenters. The Hall–Kier alpha value is -0.760. The first-order chi connectivity index (χ1) is 9.25. The second kappa shape index (κ2) is 4.37. The molecule has 0 amide bonds. The fourth-order valence-corrected chi connectivity index (χ4v) is 3.18. The van der Waals surface area contributed by atoms with Crippen LogP contribution in [0, 0.1) is 0 Å². The molecule has 0 bridgehead atoms. The highest BCUT2D eigenvalue weighted by Gasteiger charge is 2.55. The van der Waals surface area contributed by atoms with Crippen molar-refractivity contribution in [1.29, 1.82) is 0 Å². The molecular formula is C14H10Br2O4. The summed E-state index contributed by atoms with van der Waals surface area (Å²) in [6.45, 7) is 0. The van der Waals surface area contributed by atoms with Gasteiger partial charge in [0, 0.05) is 20.1 Å². The Labute approximate surface area is 131 Å². The van der Waals surface area contributed by atoms with Gasteiger partial charge in [0.05, 0.1) is 0 Å². The predicted octanol–water partition coefficient (Wildman–Crippen LogP) is 2.17. The molecule has 2 aromatic carbocycles. The van der Waals surface area contributed by atoms with Gasteiger partial charge in [0.1, 0.15) is 0 Å². The van der Waals surface area contributed by atoms with Crippen LogP contribution < -0.4 is 0 Å². The highest BCUT2D eigenvalue weighted by atomic mass is 79.9. The molecule has 0 saturated carbocycles. The Balaban J connectivity index is 2.43. The Morgan fingerprint density at radius 3 is 1.35 bits per heavy atom. The molecule has 104 valence electrons. The number of benzene rings is 2. The maximum Gasteiger partial charge on any atom is 0.251 e. The van der Waals surface area contributed by atoms with Gasteiger partial charge in [-0.2, -0.15) is 0 Å². The lowest BCUT2D eigenvalue weighted by Crippen LogP contribution is -2.51. The van der Waals surface area contributed by atoms with Crippen molar-refractivity contribution in [3.8, 4) is 11.1 Å². The minimum absolute atomic E-state index is 0.0340. The van der Waals surface area contributed by atoms with Crippen LogP contribution >= 0.6 is 31.9 Å².